The van der Waals surface area contributed by atoms with Gasteiger partial charge in [0, 0.05) is 25.1 Å². The Morgan fingerprint density at radius 1 is 0.829 bits per heavy atom. The van der Waals surface area contributed by atoms with Gasteiger partial charge in [0.25, 0.3) is 5.91 Å². The van der Waals surface area contributed by atoms with Crippen LogP contribution in [-0.2, 0) is 32.1 Å². The highest BCUT2D eigenvalue weighted by Crippen LogP contribution is 2.22. The SMILES string of the molecule is O=C(Nc1ccccc1)C(=O)C(Cc1ccccc1)NC(=O)C1CCC(=O)N1Cc1ccccc1. The van der Waals surface area contributed by atoms with E-state index in [0.29, 0.717) is 18.7 Å². The number of Topliss-reactive ketones (excluding diaryl/α,β-unsaturated/α-hetero) is 1. The summed E-state index contributed by atoms with van der Waals surface area (Å²) in [5.41, 5.74) is 2.22. The number of carbonyl (C=O) groups excluding carboxylic acids is 4. The third-order valence-electron chi connectivity index (χ3n) is 6.00. The molecule has 0 bridgehead atoms. The minimum absolute atomic E-state index is 0.109. The zero-order valence-corrected chi connectivity index (χ0v) is 19.2. The summed E-state index contributed by atoms with van der Waals surface area (Å²) in [6, 6.07) is 25.5. The molecule has 7 nitrogen and oxygen atoms in total. The summed E-state index contributed by atoms with van der Waals surface area (Å²) >= 11 is 0. The number of hydrogen-bond acceptors (Lipinski definition) is 4. The molecule has 0 spiro atoms. The van der Waals surface area contributed by atoms with E-state index in [0.717, 1.165) is 11.1 Å². The normalized spacial score (nSPS) is 15.9. The van der Waals surface area contributed by atoms with Crippen LogP contribution in [-0.4, -0.2) is 40.5 Å². The largest absolute Gasteiger partial charge is 0.344 e. The van der Waals surface area contributed by atoms with Crippen molar-refractivity contribution in [2.75, 3.05) is 5.32 Å². The zero-order chi connectivity index (χ0) is 24.6. The van der Waals surface area contributed by atoms with E-state index in [9.17, 15) is 19.2 Å². The highest BCUT2D eigenvalue weighted by Gasteiger charge is 2.38. The van der Waals surface area contributed by atoms with E-state index in [4.69, 9.17) is 0 Å². The molecule has 1 fully saturated rings. The quantitative estimate of drug-likeness (QED) is 0.471. The van der Waals surface area contributed by atoms with E-state index in [-0.39, 0.29) is 18.7 Å². The molecule has 4 rings (SSSR count). The van der Waals surface area contributed by atoms with Crippen LogP contribution in [0.4, 0.5) is 5.69 Å². The lowest BCUT2D eigenvalue weighted by Crippen LogP contribution is -2.52. The summed E-state index contributed by atoms with van der Waals surface area (Å²) in [4.78, 5) is 53.2. The lowest BCUT2D eigenvalue weighted by atomic mass is 10.0. The van der Waals surface area contributed by atoms with Gasteiger partial charge in [-0.3, -0.25) is 19.2 Å². The molecule has 0 radical (unpaired) electrons. The topological polar surface area (TPSA) is 95.6 Å². The maximum atomic E-state index is 13.3. The van der Waals surface area contributed by atoms with Gasteiger partial charge in [-0.1, -0.05) is 78.9 Å². The predicted molar refractivity (Wildman–Crippen MR) is 132 cm³/mol. The minimum atomic E-state index is -1.07. The second-order valence-electron chi connectivity index (χ2n) is 8.50. The smallest absolute Gasteiger partial charge is 0.293 e. The first-order chi connectivity index (χ1) is 17.0. The highest BCUT2D eigenvalue weighted by atomic mass is 16.2. The monoisotopic (exact) mass is 469 g/mol. The van der Waals surface area contributed by atoms with Crippen molar-refractivity contribution < 1.29 is 19.2 Å². The van der Waals surface area contributed by atoms with Crippen molar-refractivity contribution in [2.45, 2.75) is 37.9 Å². The van der Waals surface area contributed by atoms with Crippen molar-refractivity contribution in [1.29, 1.82) is 0 Å². The molecule has 178 valence electrons. The zero-order valence-electron chi connectivity index (χ0n) is 19.2. The Balaban J connectivity index is 1.50. The lowest BCUT2D eigenvalue weighted by Gasteiger charge is -2.26. The molecular weight excluding hydrogens is 442 g/mol. The molecule has 3 amide bonds. The lowest BCUT2D eigenvalue weighted by molar-refractivity contribution is -0.139. The summed E-state index contributed by atoms with van der Waals surface area (Å²) < 4.78 is 0. The number of hydrogen-bond donors (Lipinski definition) is 2. The second-order valence-corrected chi connectivity index (χ2v) is 8.50. The number of ketones is 1. The third kappa shape index (κ3) is 6.20. The van der Waals surface area contributed by atoms with E-state index in [1.807, 2.05) is 60.7 Å². The fourth-order valence-electron chi connectivity index (χ4n) is 4.18. The van der Waals surface area contributed by atoms with Crippen molar-refractivity contribution >= 4 is 29.2 Å². The van der Waals surface area contributed by atoms with Gasteiger partial charge in [0.1, 0.15) is 12.1 Å². The molecule has 1 saturated heterocycles. The maximum absolute atomic E-state index is 13.3. The fraction of sp³-hybridized carbons (Fsp3) is 0.214. The Bertz CT molecular complexity index is 1180. The Labute approximate surface area is 204 Å². The fourth-order valence-corrected chi connectivity index (χ4v) is 4.18. The molecule has 2 unspecified atom stereocenters. The van der Waals surface area contributed by atoms with Gasteiger partial charge in [-0.05, 0) is 29.7 Å². The number of para-hydroxylation sites is 1. The van der Waals surface area contributed by atoms with Gasteiger partial charge < -0.3 is 15.5 Å². The molecule has 3 aromatic rings. The van der Waals surface area contributed by atoms with Crippen LogP contribution in [0.3, 0.4) is 0 Å². The van der Waals surface area contributed by atoms with Crippen LogP contribution in [0.2, 0.25) is 0 Å². The molecule has 0 aliphatic carbocycles. The van der Waals surface area contributed by atoms with Crippen LogP contribution in [0.5, 0.6) is 0 Å². The molecule has 2 atom stereocenters. The number of amides is 3. The van der Waals surface area contributed by atoms with Gasteiger partial charge in [-0.25, -0.2) is 0 Å². The number of benzene rings is 3. The van der Waals surface area contributed by atoms with Gasteiger partial charge in [0.2, 0.25) is 17.6 Å². The number of nitrogens with zero attached hydrogens (tertiary/aromatic N) is 1. The van der Waals surface area contributed by atoms with Crippen LogP contribution in [0.25, 0.3) is 0 Å². The molecule has 0 aromatic heterocycles. The maximum Gasteiger partial charge on any atom is 0.293 e. The molecule has 1 heterocycles. The molecule has 1 aliphatic heterocycles. The van der Waals surface area contributed by atoms with Crippen LogP contribution in [0, 0.1) is 0 Å². The van der Waals surface area contributed by atoms with E-state index in [2.05, 4.69) is 10.6 Å². The Morgan fingerprint density at radius 3 is 2.03 bits per heavy atom. The van der Waals surface area contributed by atoms with Crippen molar-refractivity contribution in [3.05, 3.63) is 102 Å². The number of carbonyl (C=O) groups is 4. The molecule has 7 heteroatoms. The number of rotatable bonds is 9. The van der Waals surface area contributed by atoms with Gasteiger partial charge in [-0.2, -0.15) is 0 Å². The molecular formula is C28H27N3O4. The Kier molecular flexibility index (Phi) is 7.67. The van der Waals surface area contributed by atoms with Crippen LogP contribution in [0.15, 0.2) is 91.0 Å². The molecule has 2 N–H and O–H groups in total. The van der Waals surface area contributed by atoms with Crippen LogP contribution in [0.1, 0.15) is 24.0 Å². The van der Waals surface area contributed by atoms with E-state index < -0.39 is 29.7 Å². The van der Waals surface area contributed by atoms with Crippen molar-refractivity contribution in [2.24, 2.45) is 0 Å². The van der Waals surface area contributed by atoms with Gasteiger partial charge in [0.15, 0.2) is 0 Å². The standard InChI is InChI=1S/C28H27N3O4/c32-25-17-16-24(31(25)19-21-12-6-2-7-13-21)27(34)30-23(18-20-10-4-1-5-11-20)26(33)28(35)29-22-14-8-3-9-15-22/h1-15,23-24H,16-19H2,(H,29,35)(H,30,34). The molecule has 1 aliphatic rings. The predicted octanol–water partition coefficient (Wildman–Crippen LogP) is 3.11. The summed E-state index contributed by atoms with van der Waals surface area (Å²) in [7, 11) is 0. The van der Waals surface area contributed by atoms with Gasteiger partial charge in [0.05, 0.1) is 0 Å². The first-order valence-corrected chi connectivity index (χ1v) is 11.6. The van der Waals surface area contributed by atoms with E-state index in [1.165, 1.54) is 0 Å². The van der Waals surface area contributed by atoms with Crippen LogP contribution >= 0.6 is 0 Å². The summed E-state index contributed by atoms with van der Waals surface area (Å²) in [5, 5.41) is 5.36. The van der Waals surface area contributed by atoms with Gasteiger partial charge >= 0.3 is 0 Å². The molecule has 3 aromatic carbocycles. The average molecular weight is 470 g/mol. The highest BCUT2D eigenvalue weighted by molar-refractivity contribution is 6.42. The van der Waals surface area contributed by atoms with Gasteiger partial charge in [-0.15, -0.1) is 0 Å². The Hall–Kier alpha value is -4.26. The summed E-state index contributed by atoms with van der Waals surface area (Å²) in [6.07, 6.45) is 0.781. The first kappa shape index (κ1) is 23.9. The summed E-state index contributed by atoms with van der Waals surface area (Å²) in [5.74, 6) is -2.10. The summed E-state index contributed by atoms with van der Waals surface area (Å²) in [6.45, 7) is 0.309. The number of nitrogens with one attached hydrogen (secondary N) is 2. The van der Waals surface area contributed by atoms with Crippen molar-refractivity contribution in [1.82, 2.24) is 10.2 Å². The average Bonchev–Trinajstić information content (AvgIpc) is 3.25. The van der Waals surface area contributed by atoms with Crippen molar-refractivity contribution in [3.63, 3.8) is 0 Å². The van der Waals surface area contributed by atoms with E-state index >= 15 is 0 Å². The van der Waals surface area contributed by atoms with Crippen LogP contribution < -0.4 is 10.6 Å². The molecule has 35 heavy (non-hydrogen) atoms. The Morgan fingerprint density at radius 2 is 1.40 bits per heavy atom. The third-order valence-corrected chi connectivity index (χ3v) is 6.00. The van der Waals surface area contributed by atoms with E-state index in [1.54, 1.807) is 35.2 Å². The number of likely N-dealkylation sites (tertiary alicyclic amines) is 1. The first-order valence-electron chi connectivity index (χ1n) is 11.6. The molecule has 0 saturated carbocycles. The minimum Gasteiger partial charge on any atom is -0.344 e. The number of anilines is 1. The van der Waals surface area contributed by atoms with Crippen molar-refractivity contribution in [3.8, 4) is 0 Å². The second kappa shape index (κ2) is 11.2.